The van der Waals surface area contributed by atoms with Crippen molar-refractivity contribution in [2.75, 3.05) is 5.32 Å². The molecule has 3 N–H and O–H groups in total. The summed E-state index contributed by atoms with van der Waals surface area (Å²) in [6.07, 6.45) is 1.42. The molecule has 4 rings (SSSR count). The third-order valence-corrected chi connectivity index (χ3v) is 4.43. The van der Waals surface area contributed by atoms with Crippen LogP contribution in [0.25, 0.3) is 0 Å². The zero-order valence-electron chi connectivity index (χ0n) is 16.9. The van der Waals surface area contributed by atoms with E-state index < -0.39 is 0 Å². The first-order chi connectivity index (χ1) is 15.6. The minimum atomic E-state index is -0.357. The molecule has 7 heteroatoms. The van der Waals surface area contributed by atoms with Crippen LogP contribution >= 0.6 is 0 Å². The first-order valence-electron chi connectivity index (χ1n) is 9.73. The molecule has 0 saturated carbocycles. The van der Waals surface area contributed by atoms with Gasteiger partial charge in [-0.3, -0.25) is 15.6 Å². The number of nitrogens with one attached hydrogen (secondary N) is 3. The third kappa shape index (κ3) is 4.91. The Bertz CT molecular complexity index is 1250. The minimum absolute atomic E-state index is 0.217. The van der Waals surface area contributed by atoms with Crippen LogP contribution in [0, 0.1) is 10.8 Å². The second-order valence-corrected chi connectivity index (χ2v) is 6.68. The maximum absolute atomic E-state index is 12.9. The highest BCUT2D eigenvalue weighted by Gasteiger charge is 2.15. The number of hydrogen-bond donors (Lipinski definition) is 3. The number of benzene rings is 3. The fourth-order valence-electron chi connectivity index (χ4n) is 2.91. The zero-order valence-corrected chi connectivity index (χ0v) is 16.9. The maximum Gasteiger partial charge on any atom is 0.259 e. The average molecular weight is 425 g/mol. The second-order valence-electron chi connectivity index (χ2n) is 6.68. The molecule has 0 unspecified atom stereocenters. The SMILES string of the molecule is N=C(OC(=N)c1ccco1)c1cccc(NC(=O)c2ccccc2Oc2ccccc2)c1. The van der Waals surface area contributed by atoms with Gasteiger partial charge in [-0.05, 0) is 54.6 Å². The molecule has 1 heterocycles. The zero-order chi connectivity index (χ0) is 22.3. The molecule has 0 aliphatic carbocycles. The van der Waals surface area contributed by atoms with E-state index in [1.807, 2.05) is 30.3 Å². The van der Waals surface area contributed by atoms with E-state index in [1.165, 1.54) is 6.26 Å². The normalized spacial score (nSPS) is 10.2. The minimum Gasteiger partial charge on any atom is -0.459 e. The molecule has 0 aliphatic rings. The van der Waals surface area contributed by atoms with Crippen molar-refractivity contribution in [3.8, 4) is 11.5 Å². The van der Waals surface area contributed by atoms with Gasteiger partial charge in [0.15, 0.2) is 5.76 Å². The largest absolute Gasteiger partial charge is 0.459 e. The number of furan rings is 1. The molecule has 0 radical (unpaired) electrons. The van der Waals surface area contributed by atoms with Crippen LogP contribution in [0.5, 0.6) is 11.5 Å². The van der Waals surface area contributed by atoms with Crippen LogP contribution in [0.1, 0.15) is 21.7 Å². The monoisotopic (exact) mass is 425 g/mol. The smallest absolute Gasteiger partial charge is 0.259 e. The van der Waals surface area contributed by atoms with Crippen molar-refractivity contribution in [2.45, 2.75) is 0 Å². The average Bonchev–Trinajstić information content (AvgIpc) is 3.35. The van der Waals surface area contributed by atoms with E-state index in [-0.39, 0.29) is 23.5 Å². The van der Waals surface area contributed by atoms with Crippen molar-refractivity contribution >= 4 is 23.4 Å². The summed E-state index contributed by atoms with van der Waals surface area (Å²) in [5.41, 5.74) is 1.24. The Morgan fingerprint density at radius 2 is 1.59 bits per heavy atom. The van der Waals surface area contributed by atoms with Crippen LogP contribution < -0.4 is 10.1 Å². The number of anilines is 1. The standard InChI is InChI=1S/C25H19N3O4/c26-23(32-24(27)22-14-7-15-30-22)17-8-6-9-18(16-17)28-25(29)20-12-4-5-13-21(20)31-19-10-2-1-3-11-19/h1-16,26-27H,(H,28,29). The Kier molecular flexibility index (Phi) is 6.08. The topological polar surface area (TPSA) is 108 Å². The van der Waals surface area contributed by atoms with Crippen molar-refractivity contribution in [3.63, 3.8) is 0 Å². The number of rotatable bonds is 6. The van der Waals surface area contributed by atoms with E-state index in [0.717, 1.165) is 0 Å². The highest BCUT2D eigenvalue weighted by atomic mass is 16.5. The van der Waals surface area contributed by atoms with Crippen molar-refractivity contribution in [1.82, 2.24) is 0 Å². The lowest BCUT2D eigenvalue weighted by molar-refractivity contribution is 0.102. The van der Waals surface area contributed by atoms with Crippen LogP contribution in [-0.4, -0.2) is 17.7 Å². The van der Waals surface area contributed by atoms with Crippen molar-refractivity contribution in [2.24, 2.45) is 0 Å². The molecule has 7 nitrogen and oxygen atoms in total. The lowest BCUT2D eigenvalue weighted by Crippen LogP contribution is -2.15. The van der Waals surface area contributed by atoms with Crippen LogP contribution in [0.2, 0.25) is 0 Å². The maximum atomic E-state index is 12.9. The van der Waals surface area contributed by atoms with E-state index >= 15 is 0 Å². The summed E-state index contributed by atoms with van der Waals surface area (Å²) >= 11 is 0. The van der Waals surface area contributed by atoms with Gasteiger partial charge in [-0.1, -0.05) is 36.4 Å². The summed E-state index contributed by atoms with van der Waals surface area (Å²) in [6.45, 7) is 0. The van der Waals surface area contributed by atoms with Gasteiger partial charge in [-0.25, -0.2) is 0 Å². The second kappa shape index (κ2) is 9.44. The molecule has 0 aliphatic heterocycles. The summed E-state index contributed by atoms with van der Waals surface area (Å²) in [4.78, 5) is 12.9. The quantitative estimate of drug-likeness (QED) is 0.272. The Hall–Kier alpha value is -4.65. The van der Waals surface area contributed by atoms with Gasteiger partial charge in [-0.15, -0.1) is 0 Å². The number of carbonyl (C=O) groups is 1. The van der Waals surface area contributed by atoms with Gasteiger partial charge >= 0.3 is 0 Å². The van der Waals surface area contributed by atoms with Gasteiger partial charge in [0, 0.05) is 11.3 Å². The molecule has 0 bridgehead atoms. The Balaban J connectivity index is 1.48. The van der Waals surface area contributed by atoms with Crippen molar-refractivity contribution in [1.29, 1.82) is 10.8 Å². The molecule has 3 aromatic carbocycles. The number of para-hydroxylation sites is 2. The summed E-state index contributed by atoms with van der Waals surface area (Å²) in [5.74, 6) is 0.394. The summed E-state index contributed by atoms with van der Waals surface area (Å²) in [7, 11) is 0. The Morgan fingerprint density at radius 1 is 0.812 bits per heavy atom. The fourth-order valence-corrected chi connectivity index (χ4v) is 2.91. The number of carbonyl (C=O) groups excluding carboxylic acids is 1. The van der Waals surface area contributed by atoms with Crippen LogP contribution in [0.3, 0.4) is 0 Å². The molecule has 0 fully saturated rings. The lowest BCUT2D eigenvalue weighted by atomic mass is 10.1. The highest BCUT2D eigenvalue weighted by molar-refractivity contribution is 6.07. The molecule has 4 aromatic rings. The lowest BCUT2D eigenvalue weighted by Gasteiger charge is -2.12. The van der Waals surface area contributed by atoms with Gasteiger partial charge in [0.05, 0.1) is 11.8 Å². The summed E-state index contributed by atoms with van der Waals surface area (Å²) in [5, 5.41) is 18.8. The molecule has 1 aromatic heterocycles. The van der Waals surface area contributed by atoms with Gasteiger partial charge in [0.1, 0.15) is 11.5 Å². The molecule has 0 atom stereocenters. The molecule has 1 amide bonds. The molecule has 32 heavy (non-hydrogen) atoms. The van der Waals surface area contributed by atoms with E-state index in [1.54, 1.807) is 60.7 Å². The van der Waals surface area contributed by atoms with Crippen molar-refractivity contribution < 1.29 is 18.7 Å². The van der Waals surface area contributed by atoms with Gasteiger partial charge < -0.3 is 19.2 Å². The van der Waals surface area contributed by atoms with E-state index in [0.29, 0.717) is 28.3 Å². The molecular weight excluding hydrogens is 406 g/mol. The third-order valence-electron chi connectivity index (χ3n) is 4.43. The molecular formula is C25H19N3O4. The summed E-state index contributed by atoms with van der Waals surface area (Å²) in [6, 6.07) is 26.0. The number of ether oxygens (including phenoxy) is 2. The van der Waals surface area contributed by atoms with Gasteiger partial charge in [0.25, 0.3) is 11.8 Å². The van der Waals surface area contributed by atoms with Gasteiger partial charge in [0.2, 0.25) is 5.90 Å². The number of amides is 1. The Morgan fingerprint density at radius 3 is 2.38 bits per heavy atom. The van der Waals surface area contributed by atoms with Crippen LogP contribution in [0.4, 0.5) is 5.69 Å². The molecule has 0 spiro atoms. The molecule has 158 valence electrons. The van der Waals surface area contributed by atoms with E-state index in [9.17, 15) is 4.79 Å². The predicted molar refractivity (Wildman–Crippen MR) is 121 cm³/mol. The van der Waals surface area contributed by atoms with Crippen molar-refractivity contribution in [3.05, 3.63) is 114 Å². The van der Waals surface area contributed by atoms with E-state index in [4.69, 9.17) is 24.7 Å². The van der Waals surface area contributed by atoms with E-state index in [2.05, 4.69) is 5.32 Å². The van der Waals surface area contributed by atoms with Crippen LogP contribution in [-0.2, 0) is 4.74 Å². The van der Waals surface area contributed by atoms with Crippen LogP contribution in [0.15, 0.2) is 102 Å². The highest BCUT2D eigenvalue weighted by Crippen LogP contribution is 2.26. The molecule has 0 saturated heterocycles. The number of hydrogen-bond acceptors (Lipinski definition) is 6. The van der Waals surface area contributed by atoms with Gasteiger partial charge in [-0.2, -0.15) is 0 Å². The fraction of sp³-hybridized carbons (Fsp3) is 0. The summed E-state index contributed by atoms with van der Waals surface area (Å²) < 4.78 is 16.2. The first-order valence-corrected chi connectivity index (χ1v) is 9.73. The Labute approximate surface area is 184 Å². The first kappa shape index (κ1) is 20.6. The predicted octanol–water partition coefficient (Wildman–Crippen LogP) is 5.69.